The molecule has 0 aliphatic heterocycles. The third-order valence-corrected chi connectivity index (χ3v) is 1.99. The maximum Gasteiger partial charge on any atom is 0.0464 e. The van der Waals surface area contributed by atoms with Gasteiger partial charge in [0.25, 0.3) is 0 Å². The highest BCUT2D eigenvalue weighted by molar-refractivity contribution is 4.85. The maximum absolute atomic E-state index is 8.82. The van der Waals surface area contributed by atoms with E-state index in [9.17, 15) is 0 Å². The predicted molar refractivity (Wildman–Crippen MR) is 38.1 cm³/mol. The van der Waals surface area contributed by atoms with E-state index in [1.165, 1.54) is 12.8 Å². The smallest absolute Gasteiger partial charge is 0.0464 e. The van der Waals surface area contributed by atoms with Crippen LogP contribution < -0.4 is 0 Å². The van der Waals surface area contributed by atoms with Crippen LogP contribution in [0.4, 0.5) is 0 Å². The van der Waals surface area contributed by atoms with E-state index in [0.29, 0.717) is 12.5 Å². The van der Waals surface area contributed by atoms with Crippen molar-refractivity contribution in [2.75, 3.05) is 6.61 Å². The molecule has 0 spiro atoms. The lowest BCUT2D eigenvalue weighted by atomic mass is 10.0. The SMILES string of the molecule is C=CC[C@@H](CO)C1CC1. The Morgan fingerprint density at radius 2 is 2.33 bits per heavy atom. The summed E-state index contributed by atoms with van der Waals surface area (Å²) < 4.78 is 0. The Morgan fingerprint density at radius 3 is 2.67 bits per heavy atom. The summed E-state index contributed by atoms with van der Waals surface area (Å²) in [5.74, 6) is 1.33. The minimum absolute atomic E-state index is 0.344. The average molecular weight is 126 g/mol. The Hall–Kier alpha value is -0.300. The standard InChI is InChI=1S/C8H14O/c1-2-3-8(6-9)7-4-5-7/h2,7-9H,1,3-6H2/t8-/m0/s1. The fourth-order valence-corrected chi connectivity index (χ4v) is 1.20. The molecule has 0 unspecified atom stereocenters. The van der Waals surface area contributed by atoms with E-state index in [1.807, 2.05) is 6.08 Å². The molecule has 0 aromatic rings. The van der Waals surface area contributed by atoms with Gasteiger partial charge in [-0.2, -0.15) is 0 Å². The third-order valence-electron chi connectivity index (χ3n) is 1.99. The summed E-state index contributed by atoms with van der Waals surface area (Å²) in [5, 5.41) is 8.82. The van der Waals surface area contributed by atoms with Gasteiger partial charge in [-0.05, 0) is 31.1 Å². The molecule has 1 heteroatoms. The topological polar surface area (TPSA) is 20.2 Å². The first kappa shape index (κ1) is 6.81. The number of hydrogen-bond acceptors (Lipinski definition) is 1. The Labute approximate surface area is 56.4 Å². The molecule has 9 heavy (non-hydrogen) atoms. The van der Waals surface area contributed by atoms with E-state index < -0.39 is 0 Å². The number of aliphatic hydroxyl groups is 1. The molecule has 1 saturated carbocycles. The first-order valence-corrected chi connectivity index (χ1v) is 3.60. The van der Waals surface area contributed by atoms with Gasteiger partial charge in [-0.15, -0.1) is 6.58 Å². The zero-order chi connectivity index (χ0) is 6.69. The fourth-order valence-electron chi connectivity index (χ4n) is 1.20. The van der Waals surface area contributed by atoms with Gasteiger partial charge in [0.1, 0.15) is 0 Å². The van der Waals surface area contributed by atoms with Crippen molar-refractivity contribution in [3.8, 4) is 0 Å². The van der Waals surface area contributed by atoms with Crippen LogP contribution in [0.5, 0.6) is 0 Å². The van der Waals surface area contributed by atoms with Gasteiger partial charge in [-0.3, -0.25) is 0 Å². The van der Waals surface area contributed by atoms with Gasteiger partial charge in [-0.25, -0.2) is 0 Å². The van der Waals surface area contributed by atoms with Crippen LogP contribution in [0.1, 0.15) is 19.3 Å². The molecule has 1 N–H and O–H groups in total. The molecule has 1 aliphatic rings. The molecule has 0 aromatic heterocycles. The minimum atomic E-state index is 0.344. The van der Waals surface area contributed by atoms with Crippen LogP contribution in [0, 0.1) is 11.8 Å². The number of rotatable bonds is 4. The summed E-state index contributed by atoms with van der Waals surface area (Å²) in [7, 11) is 0. The Morgan fingerprint density at radius 1 is 1.67 bits per heavy atom. The molecule has 0 amide bonds. The Balaban J connectivity index is 2.20. The van der Waals surface area contributed by atoms with Crippen LogP contribution in [0.15, 0.2) is 12.7 Å². The molecule has 0 radical (unpaired) electrons. The lowest BCUT2D eigenvalue weighted by Crippen LogP contribution is -2.06. The highest BCUT2D eigenvalue weighted by Crippen LogP contribution is 2.38. The first-order chi connectivity index (χ1) is 4.38. The van der Waals surface area contributed by atoms with Gasteiger partial charge in [0.15, 0.2) is 0 Å². The Kier molecular flexibility index (Phi) is 2.29. The van der Waals surface area contributed by atoms with Crippen LogP contribution >= 0.6 is 0 Å². The number of hydrogen-bond donors (Lipinski definition) is 1. The van der Waals surface area contributed by atoms with Gasteiger partial charge < -0.3 is 5.11 Å². The normalized spacial score (nSPS) is 21.4. The van der Waals surface area contributed by atoms with Crippen molar-refractivity contribution in [3.63, 3.8) is 0 Å². The van der Waals surface area contributed by atoms with Crippen LogP contribution in [-0.4, -0.2) is 11.7 Å². The zero-order valence-corrected chi connectivity index (χ0v) is 5.71. The van der Waals surface area contributed by atoms with Gasteiger partial charge in [-0.1, -0.05) is 6.08 Å². The van der Waals surface area contributed by atoms with Crippen molar-refractivity contribution in [2.45, 2.75) is 19.3 Å². The minimum Gasteiger partial charge on any atom is -0.396 e. The van der Waals surface area contributed by atoms with E-state index in [-0.39, 0.29) is 0 Å². The highest BCUT2D eigenvalue weighted by atomic mass is 16.3. The second kappa shape index (κ2) is 3.02. The van der Waals surface area contributed by atoms with Gasteiger partial charge in [0.2, 0.25) is 0 Å². The zero-order valence-electron chi connectivity index (χ0n) is 5.71. The molecule has 0 bridgehead atoms. The van der Waals surface area contributed by atoms with Crippen LogP contribution in [0.25, 0.3) is 0 Å². The second-order valence-corrected chi connectivity index (χ2v) is 2.80. The van der Waals surface area contributed by atoms with E-state index >= 15 is 0 Å². The third kappa shape index (κ3) is 1.83. The summed E-state index contributed by atoms with van der Waals surface area (Å²) in [6, 6.07) is 0. The van der Waals surface area contributed by atoms with Crippen molar-refractivity contribution < 1.29 is 5.11 Å². The van der Waals surface area contributed by atoms with Crippen molar-refractivity contribution in [3.05, 3.63) is 12.7 Å². The van der Waals surface area contributed by atoms with Crippen molar-refractivity contribution in [2.24, 2.45) is 11.8 Å². The lowest BCUT2D eigenvalue weighted by molar-refractivity contribution is 0.211. The Bertz CT molecular complexity index is 94.7. The quantitative estimate of drug-likeness (QED) is 0.567. The second-order valence-electron chi connectivity index (χ2n) is 2.80. The van der Waals surface area contributed by atoms with Gasteiger partial charge >= 0.3 is 0 Å². The molecule has 0 aromatic carbocycles. The lowest BCUT2D eigenvalue weighted by Gasteiger charge is -2.07. The predicted octanol–water partition coefficient (Wildman–Crippen LogP) is 1.58. The molecular formula is C8H14O. The van der Waals surface area contributed by atoms with Crippen molar-refractivity contribution in [1.82, 2.24) is 0 Å². The summed E-state index contributed by atoms with van der Waals surface area (Å²) in [6.07, 6.45) is 5.53. The van der Waals surface area contributed by atoms with Gasteiger partial charge in [0, 0.05) is 6.61 Å². The summed E-state index contributed by atoms with van der Waals surface area (Å²) in [4.78, 5) is 0. The van der Waals surface area contributed by atoms with E-state index in [4.69, 9.17) is 5.11 Å². The van der Waals surface area contributed by atoms with Crippen molar-refractivity contribution >= 4 is 0 Å². The van der Waals surface area contributed by atoms with E-state index in [2.05, 4.69) is 6.58 Å². The monoisotopic (exact) mass is 126 g/mol. The molecule has 1 atom stereocenters. The largest absolute Gasteiger partial charge is 0.396 e. The van der Waals surface area contributed by atoms with Crippen molar-refractivity contribution in [1.29, 1.82) is 0 Å². The summed E-state index contributed by atoms with van der Waals surface area (Å²) in [5.41, 5.74) is 0. The molecule has 1 rings (SSSR count). The average Bonchev–Trinajstić information content (AvgIpc) is 2.64. The molecule has 1 nitrogen and oxygen atoms in total. The maximum atomic E-state index is 8.82. The molecule has 1 aliphatic carbocycles. The number of aliphatic hydroxyl groups excluding tert-OH is 1. The molecular weight excluding hydrogens is 112 g/mol. The number of allylic oxidation sites excluding steroid dienone is 1. The van der Waals surface area contributed by atoms with E-state index in [1.54, 1.807) is 0 Å². The summed E-state index contributed by atoms with van der Waals surface area (Å²) >= 11 is 0. The highest BCUT2D eigenvalue weighted by Gasteiger charge is 2.29. The van der Waals surface area contributed by atoms with E-state index in [0.717, 1.165) is 12.3 Å². The first-order valence-electron chi connectivity index (χ1n) is 3.60. The van der Waals surface area contributed by atoms with Gasteiger partial charge in [0.05, 0.1) is 0 Å². The molecule has 1 fully saturated rings. The molecule has 0 saturated heterocycles. The van der Waals surface area contributed by atoms with Crippen LogP contribution in [-0.2, 0) is 0 Å². The van der Waals surface area contributed by atoms with Crippen LogP contribution in [0.2, 0.25) is 0 Å². The fraction of sp³-hybridized carbons (Fsp3) is 0.750. The van der Waals surface area contributed by atoms with Crippen LogP contribution in [0.3, 0.4) is 0 Å². The summed E-state index contributed by atoms with van der Waals surface area (Å²) in [6.45, 7) is 3.99. The molecule has 52 valence electrons. The molecule has 0 heterocycles.